The van der Waals surface area contributed by atoms with E-state index in [4.69, 9.17) is 4.74 Å². The van der Waals surface area contributed by atoms with Gasteiger partial charge in [0.05, 0.1) is 0 Å². The van der Waals surface area contributed by atoms with Gasteiger partial charge >= 0.3 is 0 Å². The topological polar surface area (TPSA) is 53.1 Å². The second kappa shape index (κ2) is 12.3. The number of para-hydroxylation sites is 1. The average Bonchev–Trinajstić information content (AvgIpc) is 3.31. The number of anilines is 1. The zero-order valence-corrected chi connectivity index (χ0v) is 23.2. The van der Waals surface area contributed by atoms with Crippen LogP contribution >= 0.6 is 0 Å². The van der Waals surface area contributed by atoms with E-state index in [0.717, 1.165) is 81.0 Å². The minimum absolute atomic E-state index is 0.123. The van der Waals surface area contributed by atoms with Crippen molar-refractivity contribution in [1.29, 1.82) is 0 Å². The van der Waals surface area contributed by atoms with Crippen molar-refractivity contribution in [2.75, 3.05) is 31.1 Å². The van der Waals surface area contributed by atoms with E-state index >= 15 is 0 Å². The smallest absolute Gasteiger partial charge is 0.253 e. The van der Waals surface area contributed by atoms with Crippen LogP contribution in [-0.2, 0) is 17.8 Å². The molecule has 204 valence electrons. The first-order valence-corrected chi connectivity index (χ1v) is 14.7. The molecule has 3 aliphatic heterocycles. The van der Waals surface area contributed by atoms with Gasteiger partial charge in [0.25, 0.3) is 5.91 Å². The molecule has 0 saturated carbocycles. The fourth-order valence-corrected chi connectivity index (χ4v) is 6.43. The van der Waals surface area contributed by atoms with Crippen molar-refractivity contribution in [2.45, 2.75) is 90.3 Å². The van der Waals surface area contributed by atoms with Gasteiger partial charge in [-0.15, -0.1) is 0 Å². The van der Waals surface area contributed by atoms with Gasteiger partial charge in [-0.2, -0.15) is 0 Å². The van der Waals surface area contributed by atoms with Gasteiger partial charge in [0.1, 0.15) is 11.9 Å². The molecule has 0 aliphatic carbocycles. The number of rotatable bonds is 2. The van der Waals surface area contributed by atoms with Crippen molar-refractivity contribution in [3.05, 3.63) is 59.2 Å². The summed E-state index contributed by atoms with van der Waals surface area (Å²) < 4.78 is 5.82. The minimum Gasteiger partial charge on any atom is -0.490 e. The molecular weight excluding hydrogens is 474 g/mol. The molecular formula is C32H43N3O3. The molecule has 0 N–H and O–H groups in total. The van der Waals surface area contributed by atoms with Gasteiger partial charge < -0.3 is 14.5 Å². The Labute approximate surface area is 227 Å². The number of ether oxygens (including phenoxy) is 1. The van der Waals surface area contributed by atoms with Crippen LogP contribution in [0.1, 0.15) is 86.7 Å². The highest BCUT2D eigenvalue weighted by atomic mass is 16.5. The van der Waals surface area contributed by atoms with E-state index in [1.54, 1.807) is 6.92 Å². The Kier molecular flexibility index (Phi) is 8.68. The monoisotopic (exact) mass is 517 g/mol. The third-order valence-corrected chi connectivity index (χ3v) is 8.52. The molecule has 1 fully saturated rings. The number of piperidine rings is 1. The summed E-state index contributed by atoms with van der Waals surface area (Å²) >= 11 is 0. The first-order valence-electron chi connectivity index (χ1n) is 14.7. The summed E-state index contributed by atoms with van der Waals surface area (Å²) in [6, 6.07) is 14.8. The zero-order valence-electron chi connectivity index (χ0n) is 23.2. The highest BCUT2D eigenvalue weighted by Gasteiger charge is 2.29. The lowest BCUT2D eigenvalue weighted by Gasteiger charge is -2.39. The highest BCUT2D eigenvalue weighted by Crippen LogP contribution is 2.31. The standard InChI is InChI=1S/C32H43N3O3/c1-24-21-28-22-26(13-14-31(28)38-24)32(37)33-19-15-29(16-20-33)34-17-9-5-3-4-6-10-18-35(25(2)36)30-12-8-7-11-27(30)23-34/h7-8,11-14,22,24,29H,3-6,9-10,15-21,23H2,1-2H3. The van der Waals surface area contributed by atoms with Crippen LogP contribution in [0.3, 0.4) is 0 Å². The SMILES string of the molecule is CC(=O)N1CCCCCCCCN(C2CCN(C(=O)c3ccc4c(c3)CC(C)O4)CC2)Cc2ccccc21. The maximum absolute atomic E-state index is 13.3. The largest absolute Gasteiger partial charge is 0.490 e. The lowest BCUT2D eigenvalue weighted by Crippen LogP contribution is -2.47. The average molecular weight is 518 g/mol. The lowest BCUT2D eigenvalue weighted by molar-refractivity contribution is -0.116. The van der Waals surface area contributed by atoms with Crippen molar-refractivity contribution in [1.82, 2.24) is 9.80 Å². The van der Waals surface area contributed by atoms with Crippen LogP contribution in [0.4, 0.5) is 5.69 Å². The number of carbonyl (C=O) groups is 2. The Morgan fingerprint density at radius 3 is 2.32 bits per heavy atom. The van der Waals surface area contributed by atoms with E-state index in [2.05, 4.69) is 30.0 Å². The number of benzene rings is 2. The van der Waals surface area contributed by atoms with Crippen molar-refractivity contribution in [3.63, 3.8) is 0 Å². The van der Waals surface area contributed by atoms with Gasteiger partial charge in [0, 0.05) is 56.8 Å². The molecule has 0 spiro atoms. The van der Waals surface area contributed by atoms with E-state index in [-0.39, 0.29) is 17.9 Å². The molecule has 38 heavy (non-hydrogen) atoms. The fraction of sp³-hybridized carbons (Fsp3) is 0.562. The van der Waals surface area contributed by atoms with Gasteiger partial charge in [-0.3, -0.25) is 14.5 Å². The molecule has 2 aromatic rings. The summed E-state index contributed by atoms with van der Waals surface area (Å²) in [6.07, 6.45) is 10.2. The van der Waals surface area contributed by atoms with Gasteiger partial charge in [0.15, 0.2) is 0 Å². The van der Waals surface area contributed by atoms with E-state index in [1.807, 2.05) is 34.1 Å². The Morgan fingerprint density at radius 2 is 1.55 bits per heavy atom. The molecule has 0 radical (unpaired) electrons. The van der Waals surface area contributed by atoms with Crippen molar-refractivity contribution < 1.29 is 14.3 Å². The zero-order chi connectivity index (χ0) is 26.5. The summed E-state index contributed by atoms with van der Waals surface area (Å²) in [5, 5.41) is 0. The molecule has 0 aromatic heterocycles. The number of hydrogen-bond acceptors (Lipinski definition) is 4. The number of carbonyl (C=O) groups excluding carboxylic acids is 2. The van der Waals surface area contributed by atoms with Crippen molar-refractivity contribution in [2.24, 2.45) is 0 Å². The summed E-state index contributed by atoms with van der Waals surface area (Å²) in [7, 11) is 0. The van der Waals surface area contributed by atoms with E-state index in [0.29, 0.717) is 6.04 Å². The third-order valence-electron chi connectivity index (χ3n) is 8.52. The van der Waals surface area contributed by atoms with Gasteiger partial charge in [-0.25, -0.2) is 0 Å². The maximum atomic E-state index is 13.3. The second-order valence-electron chi connectivity index (χ2n) is 11.4. The molecule has 2 aromatic carbocycles. The van der Waals surface area contributed by atoms with Crippen LogP contribution in [0.25, 0.3) is 0 Å². The molecule has 0 bridgehead atoms. The first kappa shape index (κ1) is 26.7. The summed E-state index contributed by atoms with van der Waals surface area (Å²) in [5.41, 5.74) is 4.22. The Morgan fingerprint density at radius 1 is 0.842 bits per heavy atom. The Bertz CT molecular complexity index is 1120. The van der Waals surface area contributed by atoms with Gasteiger partial charge in [-0.1, -0.05) is 43.9 Å². The van der Waals surface area contributed by atoms with Crippen LogP contribution in [0.15, 0.2) is 42.5 Å². The molecule has 5 rings (SSSR count). The van der Waals surface area contributed by atoms with Crippen LogP contribution in [0, 0.1) is 0 Å². The third kappa shape index (κ3) is 6.23. The molecule has 6 heteroatoms. The van der Waals surface area contributed by atoms with Gasteiger partial charge in [-0.05, 0) is 74.5 Å². The van der Waals surface area contributed by atoms with E-state index in [1.165, 1.54) is 37.7 Å². The van der Waals surface area contributed by atoms with E-state index in [9.17, 15) is 9.59 Å². The molecule has 2 amide bonds. The highest BCUT2D eigenvalue weighted by molar-refractivity contribution is 5.95. The predicted molar refractivity (Wildman–Crippen MR) is 152 cm³/mol. The van der Waals surface area contributed by atoms with E-state index < -0.39 is 0 Å². The van der Waals surface area contributed by atoms with Crippen LogP contribution in [-0.4, -0.2) is 59.9 Å². The number of nitrogens with zero attached hydrogens (tertiary/aromatic N) is 3. The first-order chi connectivity index (χ1) is 18.5. The summed E-state index contributed by atoms with van der Waals surface area (Å²) in [5.74, 6) is 1.18. The lowest BCUT2D eigenvalue weighted by atomic mass is 9.99. The molecule has 3 aliphatic rings. The second-order valence-corrected chi connectivity index (χ2v) is 11.4. The van der Waals surface area contributed by atoms with Crippen molar-refractivity contribution in [3.8, 4) is 5.75 Å². The van der Waals surface area contributed by atoms with Crippen LogP contribution < -0.4 is 9.64 Å². The predicted octanol–water partition coefficient (Wildman–Crippen LogP) is 5.82. The number of hydrogen-bond donors (Lipinski definition) is 0. The fourth-order valence-electron chi connectivity index (χ4n) is 6.43. The molecule has 1 saturated heterocycles. The Balaban J connectivity index is 1.28. The molecule has 6 nitrogen and oxygen atoms in total. The summed E-state index contributed by atoms with van der Waals surface area (Å²) in [6.45, 7) is 8.03. The van der Waals surface area contributed by atoms with Gasteiger partial charge in [0.2, 0.25) is 5.91 Å². The Hall–Kier alpha value is -2.86. The molecule has 1 unspecified atom stereocenters. The van der Waals surface area contributed by atoms with Crippen molar-refractivity contribution >= 4 is 17.5 Å². The molecule has 3 heterocycles. The quantitative estimate of drug-likeness (QED) is 0.503. The normalized spacial score (nSPS) is 21.9. The number of likely N-dealkylation sites (tertiary alicyclic amines) is 1. The summed E-state index contributed by atoms with van der Waals surface area (Å²) in [4.78, 5) is 32.6. The minimum atomic E-state index is 0.123. The number of fused-ring (bicyclic) bond motifs is 2. The van der Waals surface area contributed by atoms with Crippen LogP contribution in [0.5, 0.6) is 5.75 Å². The van der Waals surface area contributed by atoms with Crippen LogP contribution in [0.2, 0.25) is 0 Å². The molecule has 1 atom stereocenters. The maximum Gasteiger partial charge on any atom is 0.253 e. The number of amides is 2.